The summed E-state index contributed by atoms with van der Waals surface area (Å²) in [5, 5.41) is 4.05. The van der Waals surface area contributed by atoms with E-state index >= 15 is 0 Å². The van der Waals surface area contributed by atoms with Crippen molar-refractivity contribution in [1.82, 2.24) is 25.0 Å². The van der Waals surface area contributed by atoms with Crippen LogP contribution in [0.25, 0.3) is 11.4 Å². The average molecular weight is 730 g/mol. The Morgan fingerprint density at radius 3 is 2.33 bits per heavy atom. The smallest absolute Gasteiger partial charge is 0.410 e. The van der Waals surface area contributed by atoms with E-state index in [1.807, 2.05) is 32.6 Å². The van der Waals surface area contributed by atoms with E-state index in [2.05, 4.69) is 20.1 Å². The molecule has 6 rings (SSSR count). The summed E-state index contributed by atoms with van der Waals surface area (Å²) < 4.78 is 74.4. The molecule has 4 aromatic rings. The molecule has 2 aliphatic rings. The number of aryl methyl sites for hydroxylation is 1. The van der Waals surface area contributed by atoms with Gasteiger partial charge in [0.25, 0.3) is 16.0 Å². The Hall–Kier alpha value is -4.58. The number of likely N-dealkylation sites (tertiary alicyclic amines) is 1. The van der Waals surface area contributed by atoms with Crippen molar-refractivity contribution in [1.29, 1.82) is 0 Å². The highest BCUT2D eigenvalue weighted by atomic mass is 32.2. The summed E-state index contributed by atoms with van der Waals surface area (Å²) in [5.74, 6) is -0.310. The molecule has 2 aliphatic heterocycles. The van der Waals surface area contributed by atoms with Gasteiger partial charge in [0.1, 0.15) is 17.7 Å². The fraction of sp³-hybridized carbons (Fsp3) is 0.441. The van der Waals surface area contributed by atoms with Crippen molar-refractivity contribution in [2.24, 2.45) is 5.73 Å². The number of anilines is 1. The van der Waals surface area contributed by atoms with Crippen LogP contribution in [0, 0.1) is 18.6 Å². The molecular formula is C34H41F2N7O7S. The van der Waals surface area contributed by atoms with E-state index in [1.54, 1.807) is 29.4 Å². The van der Waals surface area contributed by atoms with Crippen LogP contribution in [0.3, 0.4) is 0 Å². The van der Waals surface area contributed by atoms with Crippen molar-refractivity contribution in [2.45, 2.75) is 75.7 Å². The highest BCUT2D eigenvalue weighted by Gasteiger charge is 2.35. The maximum absolute atomic E-state index is 14.3. The van der Waals surface area contributed by atoms with Crippen LogP contribution < -0.4 is 10.6 Å². The predicted molar refractivity (Wildman–Crippen MR) is 181 cm³/mol. The van der Waals surface area contributed by atoms with Crippen LogP contribution >= 0.6 is 0 Å². The molecule has 51 heavy (non-hydrogen) atoms. The molecule has 3 atom stereocenters. The molecule has 4 heterocycles. The lowest BCUT2D eigenvalue weighted by Crippen LogP contribution is -2.42. The first-order valence-corrected chi connectivity index (χ1v) is 17.9. The Labute approximate surface area is 294 Å². The third kappa shape index (κ3) is 9.81. The van der Waals surface area contributed by atoms with Gasteiger partial charge in [-0.2, -0.15) is 13.4 Å². The van der Waals surface area contributed by atoms with E-state index in [-0.39, 0.29) is 34.7 Å². The lowest BCUT2D eigenvalue weighted by Gasteiger charge is -2.32. The summed E-state index contributed by atoms with van der Waals surface area (Å²) in [6.07, 6.45) is 3.58. The molecule has 2 fully saturated rings. The van der Waals surface area contributed by atoms with E-state index in [0.29, 0.717) is 62.2 Å². The highest BCUT2D eigenvalue weighted by Crippen LogP contribution is 2.31. The van der Waals surface area contributed by atoms with E-state index in [0.717, 1.165) is 17.7 Å². The van der Waals surface area contributed by atoms with Gasteiger partial charge in [0.15, 0.2) is 0 Å². The Morgan fingerprint density at radius 2 is 1.71 bits per heavy atom. The topological polar surface area (TPSA) is 187 Å². The van der Waals surface area contributed by atoms with Gasteiger partial charge in [-0.15, -0.1) is 0 Å². The molecule has 2 saturated heterocycles. The van der Waals surface area contributed by atoms with E-state index in [4.69, 9.17) is 24.3 Å². The molecule has 17 heteroatoms. The Morgan fingerprint density at radius 1 is 1.04 bits per heavy atom. The molecule has 0 saturated carbocycles. The number of nitrogens with zero attached hydrogens (tertiary/aromatic N) is 6. The minimum Gasteiger partial charge on any atom is -0.447 e. The van der Waals surface area contributed by atoms with Crippen molar-refractivity contribution < 1.29 is 40.5 Å². The number of halogens is 2. The normalized spacial score (nSPS) is 18.8. The predicted octanol–water partition coefficient (Wildman–Crippen LogP) is 5.06. The monoisotopic (exact) mass is 729 g/mol. The Balaban J connectivity index is 0.000000392. The zero-order valence-corrected chi connectivity index (χ0v) is 29.5. The molecule has 0 aliphatic carbocycles. The van der Waals surface area contributed by atoms with Gasteiger partial charge in [-0.1, -0.05) is 22.9 Å². The number of amides is 1. The summed E-state index contributed by atoms with van der Waals surface area (Å²) in [6.45, 7) is 9.21. The van der Waals surface area contributed by atoms with Gasteiger partial charge < -0.3 is 29.5 Å². The second-order valence-corrected chi connectivity index (χ2v) is 14.2. The van der Waals surface area contributed by atoms with Crippen LogP contribution in [0.1, 0.15) is 62.7 Å². The van der Waals surface area contributed by atoms with Gasteiger partial charge in [0, 0.05) is 50.5 Å². The molecule has 14 nitrogen and oxygen atoms in total. The van der Waals surface area contributed by atoms with E-state index < -0.39 is 33.9 Å². The van der Waals surface area contributed by atoms with Crippen LogP contribution in [-0.2, 0) is 19.6 Å². The molecule has 2 aromatic heterocycles. The van der Waals surface area contributed by atoms with E-state index in [1.165, 1.54) is 18.2 Å². The number of ether oxygens (including phenoxy) is 2. The zero-order chi connectivity index (χ0) is 36.9. The Kier molecular flexibility index (Phi) is 12.0. The lowest BCUT2D eigenvalue weighted by atomic mass is 9.94. The van der Waals surface area contributed by atoms with Crippen LogP contribution in [0.15, 0.2) is 64.3 Å². The number of piperidine rings is 1. The third-order valence-corrected chi connectivity index (χ3v) is 9.31. The number of aromatic nitrogens is 4. The van der Waals surface area contributed by atoms with Gasteiger partial charge in [-0.05, 0) is 76.4 Å². The average Bonchev–Trinajstić information content (AvgIpc) is 3.74. The van der Waals surface area contributed by atoms with Gasteiger partial charge in [-0.25, -0.2) is 23.5 Å². The Bertz CT molecular complexity index is 1890. The molecule has 0 spiro atoms. The zero-order valence-electron chi connectivity index (χ0n) is 28.6. The minimum absolute atomic E-state index is 0.0485. The molecule has 0 unspecified atom stereocenters. The third-order valence-electron chi connectivity index (χ3n) is 8.44. The molecule has 2 aromatic carbocycles. The maximum Gasteiger partial charge on any atom is 0.410 e. The molecule has 0 radical (unpaired) electrons. The maximum atomic E-state index is 14.3. The van der Waals surface area contributed by atoms with Crippen LogP contribution in [0.5, 0.6) is 0 Å². The summed E-state index contributed by atoms with van der Waals surface area (Å²) in [5.41, 5.74) is 8.02. The summed E-state index contributed by atoms with van der Waals surface area (Å²) in [7, 11) is -4.02. The number of hydrogen-bond acceptors (Lipinski definition) is 12. The summed E-state index contributed by atoms with van der Waals surface area (Å²) in [4.78, 5) is 28.9. The number of carbonyl (C=O) groups excluding carboxylic acids is 1. The summed E-state index contributed by atoms with van der Waals surface area (Å²) in [6, 6.07) is 8.99. The highest BCUT2D eigenvalue weighted by molar-refractivity contribution is 7.85. The van der Waals surface area contributed by atoms with Gasteiger partial charge in [0.05, 0.1) is 22.7 Å². The molecule has 274 valence electrons. The van der Waals surface area contributed by atoms with Gasteiger partial charge >= 0.3 is 6.09 Å². The van der Waals surface area contributed by atoms with E-state index in [9.17, 15) is 22.0 Å². The van der Waals surface area contributed by atoms with Crippen LogP contribution in [-0.4, -0.2) is 88.5 Å². The SMILES string of the molecule is CC(C)OC(=O)N1CCC(O[C@H](C)c2nc(-c3cnc(N4C[C@H](c5cc(F)ccc5F)[C@@H](N)C4)nc3)no2)CC1.Cc1ccc(S(=O)(=O)O)cc1. The van der Waals surface area contributed by atoms with Gasteiger partial charge in [0.2, 0.25) is 11.8 Å². The summed E-state index contributed by atoms with van der Waals surface area (Å²) >= 11 is 0. The van der Waals surface area contributed by atoms with Crippen molar-refractivity contribution in [2.75, 3.05) is 31.1 Å². The van der Waals surface area contributed by atoms with Crippen molar-refractivity contribution in [3.63, 3.8) is 0 Å². The van der Waals surface area contributed by atoms with Crippen molar-refractivity contribution >= 4 is 22.2 Å². The number of benzene rings is 2. The first-order chi connectivity index (χ1) is 24.2. The lowest BCUT2D eigenvalue weighted by molar-refractivity contribution is -0.0475. The number of carbonyl (C=O) groups is 1. The largest absolute Gasteiger partial charge is 0.447 e. The van der Waals surface area contributed by atoms with Crippen molar-refractivity contribution in [3.8, 4) is 11.4 Å². The van der Waals surface area contributed by atoms with Gasteiger partial charge in [-0.3, -0.25) is 4.55 Å². The number of nitrogens with two attached hydrogens (primary N) is 1. The first-order valence-electron chi connectivity index (χ1n) is 16.4. The first kappa shape index (κ1) is 37.7. The number of hydrogen-bond donors (Lipinski definition) is 2. The molecule has 3 N–H and O–H groups in total. The van der Waals surface area contributed by atoms with Crippen LogP contribution in [0.4, 0.5) is 19.5 Å². The molecule has 0 bridgehead atoms. The molecular weight excluding hydrogens is 688 g/mol. The fourth-order valence-electron chi connectivity index (χ4n) is 5.75. The minimum atomic E-state index is -4.02. The standard InChI is InChI=1S/C27H33F2N7O4.C7H8O3S/c1-15(2)38-27(37)35-8-6-19(7-9-35)39-16(3)25-33-24(34-40-25)17-11-31-26(32-12-17)36-13-21(23(30)14-36)20-10-18(28)4-5-22(20)29;1-6-2-4-7(5-3-6)11(8,9)10/h4-5,10-12,15-16,19,21,23H,6-9,13-14,30H2,1-3H3;2-5H,1H3,(H,8,9,10)/t16-,21-,23+;/m1./s1. The van der Waals surface area contributed by atoms with Crippen molar-refractivity contribution in [3.05, 3.63) is 83.5 Å². The van der Waals surface area contributed by atoms with Crippen LogP contribution in [0.2, 0.25) is 0 Å². The second kappa shape index (κ2) is 16.2. The molecule has 1 amide bonds. The number of rotatable bonds is 8. The second-order valence-electron chi connectivity index (χ2n) is 12.8. The quantitative estimate of drug-likeness (QED) is 0.229. The fourth-order valence-corrected chi connectivity index (χ4v) is 6.23.